The molecule has 1 aliphatic rings. The van der Waals surface area contributed by atoms with Crippen molar-refractivity contribution < 1.29 is 14.0 Å². The predicted molar refractivity (Wildman–Crippen MR) is 51.6 cm³/mol. The number of fused-ring (bicyclic) bond motifs is 1. The van der Waals surface area contributed by atoms with Crippen LogP contribution in [-0.2, 0) is 9.59 Å². The van der Waals surface area contributed by atoms with Crippen LogP contribution < -0.4 is 11.1 Å². The second kappa shape index (κ2) is 3.34. The maximum Gasteiger partial charge on any atom is 0.232 e. The fraction of sp³-hybridized carbons (Fsp3) is 0.200. The normalized spacial score (nSPS) is 18.5. The van der Waals surface area contributed by atoms with Gasteiger partial charge < -0.3 is 11.1 Å². The molecule has 1 unspecified atom stereocenters. The van der Waals surface area contributed by atoms with Crippen molar-refractivity contribution in [1.29, 1.82) is 0 Å². The van der Waals surface area contributed by atoms with Gasteiger partial charge in [0.15, 0.2) is 0 Å². The number of nitrogens with two attached hydrogens (primary N) is 1. The molecule has 0 bridgehead atoms. The number of hydrogen-bond donors (Lipinski definition) is 2. The van der Waals surface area contributed by atoms with E-state index in [1.54, 1.807) is 0 Å². The van der Waals surface area contributed by atoms with Crippen molar-refractivity contribution in [3.63, 3.8) is 0 Å². The van der Waals surface area contributed by atoms with Crippen LogP contribution in [0.2, 0.25) is 0 Å². The first kappa shape index (κ1) is 9.64. The minimum atomic E-state index is -0.659. The van der Waals surface area contributed by atoms with Gasteiger partial charge in [-0.15, -0.1) is 0 Å². The zero-order valence-electron chi connectivity index (χ0n) is 7.79. The molecular formula is C10H9FN2O2. The van der Waals surface area contributed by atoms with E-state index in [1.165, 1.54) is 18.2 Å². The summed E-state index contributed by atoms with van der Waals surface area (Å²) >= 11 is 0. The third kappa shape index (κ3) is 1.68. The molecule has 0 radical (unpaired) electrons. The van der Waals surface area contributed by atoms with Gasteiger partial charge in [-0.2, -0.15) is 0 Å². The number of halogens is 1. The highest BCUT2D eigenvalue weighted by molar-refractivity contribution is 6.04. The third-order valence-corrected chi connectivity index (χ3v) is 2.37. The van der Waals surface area contributed by atoms with E-state index in [2.05, 4.69) is 5.32 Å². The Kier molecular flexibility index (Phi) is 2.15. The SMILES string of the molecule is NC(=O)CC1C(=O)Nc2ccc(F)cc21. The van der Waals surface area contributed by atoms with Gasteiger partial charge in [0, 0.05) is 12.1 Å². The smallest absolute Gasteiger partial charge is 0.232 e. The van der Waals surface area contributed by atoms with Crippen LogP contribution in [0.25, 0.3) is 0 Å². The van der Waals surface area contributed by atoms with E-state index in [0.717, 1.165) is 0 Å². The molecule has 2 rings (SSSR count). The van der Waals surface area contributed by atoms with Crippen LogP contribution in [0.3, 0.4) is 0 Å². The van der Waals surface area contributed by atoms with Gasteiger partial charge in [-0.05, 0) is 23.8 Å². The predicted octanol–water partition coefficient (Wildman–Crippen LogP) is 0.737. The topological polar surface area (TPSA) is 72.2 Å². The van der Waals surface area contributed by atoms with Crippen molar-refractivity contribution in [2.75, 3.05) is 5.32 Å². The van der Waals surface area contributed by atoms with Crippen molar-refractivity contribution in [1.82, 2.24) is 0 Å². The van der Waals surface area contributed by atoms with E-state index >= 15 is 0 Å². The van der Waals surface area contributed by atoms with Crippen LogP contribution >= 0.6 is 0 Å². The average molecular weight is 208 g/mol. The second-order valence-corrected chi connectivity index (χ2v) is 3.44. The van der Waals surface area contributed by atoms with Gasteiger partial charge in [-0.3, -0.25) is 9.59 Å². The molecule has 1 aromatic carbocycles. The number of hydrogen-bond acceptors (Lipinski definition) is 2. The van der Waals surface area contributed by atoms with Crippen LogP contribution in [0.4, 0.5) is 10.1 Å². The number of nitrogens with one attached hydrogen (secondary N) is 1. The van der Waals surface area contributed by atoms with Crippen LogP contribution in [-0.4, -0.2) is 11.8 Å². The van der Waals surface area contributed by atoms with Crippen molar-refractivity contribution in [3.05, 3.63) is 29.6 Å². The number of carbonyl (C=O) groups is 2. The largest absolute Gasteiger partial charge is 0.370 e. The Hall–Kier alpha value is -1.91. The lowest BCUT2D eigenvalue weighted by Crippen LogP contribution is -2.20. The highest BCUT2D eigenvalue weighted by atomic mass is 19.1. The Morgan fingerprint density at radius 1 is 1.53 bits per heavy atom. The summed E-state index contributed by atoms with van der Waals surface area (Å²) < 4.78 is 12.9. The molecule has 5 heteroatoms. The number of amides is 2. The molecular weight excluding hydrogens is 199 g/mol. The molecule has 15 heavy (non-hydrogen) atoms. The number of primary amides is 1. The minimum Gasteiger partial charge on any atom is -0.370 e. The van der Waals surface area contributed by atoms with Crippen LogP contribution in [0.5, 0.6) is 0 Å². The van der Waals surface area contributed by atoms with Gasteiger partial charge in [0.2, 0.25) is 11.8 Å². The van der Waals surface area contributed by atoms with Gasteiger partial charge >= 0.3 is 0 Å². The van der Waals surface area contributed by atoms with Crippen molar-refractivity contribution in [3.8, 4) is 0 Å². The molecule has 4 nitrogen and oxygen atoms in total. The molecule has 0 fully saturated rings. The standard InChI is InChI=1S/C10H9FN2O2/c11-5-1-2-8-6(3-5)7(4-9(12)14)10(15)13-8/h1-3,7H,4H2,(H2,12,14)(H,13,15). The maximum absolute atomic E-state index is 12.9. The van der Waals surface area contributed by atoms with Crippen molar-refractivity contribution in [2.24, 2.45) is 5.73 Å². The quantitative estimate of drug-likeness (QED) is 0.752. The summed E-state index contributed by atoms with van der Waals surface area (Å²) in [6, 6.07) is 3.98. The Morgan fingerprint density at radius 2 is 2.27 bits per heavy atom. The molecule has 1 aromatic rings. The molecule has 1 heterocycles. The fourth-order valence-corrected chi connectivity index (χ4v) is 1.70. The average Bonchev–Trinajstić information content (AvgIpc) is 2.43. The van der Waals surface area contributed by atoms with Gasteiger partial charge in [0.05, 0.1) is 5.92 Å². The van der Waals surface area contributed by atoms with E-state index in [9.17, 15) is 14.0 Å². The lowest BCUT2D eigenvalue weighted by molar-refractivity contribution is -0.123. The molecule has 2 amide bonds. The number of benzene rings is 1. The third-order valence-electron chi connectivity index (χ3n) is 2.37. The zero-order valence-corrected chi connectivity index (χ0v) is 7.79. The van der Waals surface area contributed by atoms with E-state index in [1.807, 2.05) is 0 Å². The lowest BCUT2D eigenvalue weighted by Gasteiger charge is -2.05. The highest BCUT2D eigenvalue weighted by Gasteiger charge is 2.31. The molecule has 0 saturated heterocycles. The Labute approximate surface area is 85.3 Å². The monoisotopic (exact) mass is 208 g/mol. The van der Waals surface area contributed by atoms with Crippen LogP contribution in [0.1, 0.15) is 17.9 Å². The number of carbonyl (C=O) groups excluding carboxylic acids is 2. The Bertz CT molecular complexity index is 445. The van der Waals surface area contributed by atoms with Gasteiger partial charge in [-0.25, -0.2) is 4.39 Å². The summed E-state index contributed by atoms with van der Waals surface area (Å²) in [5, 5.41) is 2.57. The molecule has 1 aliphatic heterocycles. The molecule has 1 atom stereocenters. The maximum atomic E-state index is 12.9. The first-order valence-electron chi connectivity index (χ1n) is 4.46. The summed E-state index contributed by atoms with van der Waals surface area (Å²) in [5.41, 5.74) is 6.06. The van der Waals surface area contributed by atoms with Gasteiger partial charge in [0.25, 0.3) is 0 Å². The fourth-order valence-electron chi connectivity index (χ4n) is 1.70. The first-order valence-corrected chi connectivity index (χ1v) is 4.46. The van der Waals surface area contributed by atoms with Gasteiger partial charge in [-0.1, -0.05) is 0 Å². The molecule has 0 aliphatic carbocycles. The van der Waals surface area contributed by atoms with E-state index in [4.69, 9.17) is 5.73 Å². The van der Waals surface area contributed by atoms with Crippen molar-refractivity contribution in [2.45, 2.75) is 12.3 Å². The number of rotatable bonds is 2. The molecule has 0 saturated carbocycles. The number of anilines is 1. The summed E-state index contributed by atoms with van der Waals surface area (Å²) in [6.45, 7) is 0. The molecule has 3 N–H and O–H groups in total. The van der Waals surface area contributed by atoms with Crippen LogP contribution in [0.15, 0.2) is 18.2 Å². The second-order valence-electron chi connectivity index (χ2n) is 3.44. The summed E-state index contributed by atoms with van der Waals surface area (Å²) in [6.07, 6.45) is -0.0950. The Morgan fingerprint density at radius 3 is 2.93 bits per heavy atom. The Balaban J connectivity index is 2.39. The summed E-state index contributed by atoms with van der Waals surface area (Å²) in [4.78, 5) is 22.2. The van der Waals surface area contributed by atoms with Crippen molar-refractivity contribution >= 4 is 17.5 Å². The van der Waals surface area contributed by atoms with E-state index < -0.39 is 17.6 Å². The van der Waals surface area contributed by atoms with Gasteiger partial charge in [0.1, 0.15) is 5.82 Å². The minimum absolute atomic E-state index is 0.0950. The van der Waals surface area contributed by atoms with E-state index in [-0.39, 0.29) is 12.3 Å². The van der Waals surface area contributed by atoms with Crippen LogP contribution in [0, 0.1) is 5.82 Å². The molecule has 0 spiro atoms. The lowest BCUT2D eigenvalue weighted by atomic mass is 9.97. The zero-order chi connectivity index (χ0) is 11.0. The molecule has 78 valence electrons. The summed E-state index contributed by atoms with van der Waals surface area (Å²) in [7, 11) is 0. The highest BCUT2D eigenvalue weighted by Crippen LogP contribution is 2.34. The van der Waals surface area contributed by atoms with E-state index in [0.29, 0.717) is 11.3 Å². The summed E-state index contributed by atoms with van der Waals surface area (Å²) in [5.74, 6) is -1.98. The molecule has 0 aromatic heterocycles. The first-order chi connectivity index (χ1) is 7.08.